The first kappa shape index (κ1) is 15.2. The predicted molar refractivity (Wildman–Crippen MR) is 73.5 cm³/mol. The number of carbonyl (C=O) groups is 1. The predicted octanol–water partition coefficient (Wildman–Crippen LogP) is 1.43. The molecule has 0 amide bonds. The summed E-state index contributed by atoms with van der Waals surface area (Å²) < 4.78 is 5.23. The molecule has 0 bridgehead atoms. The van der Waals surface area contributed by atoms with E-state index in [0.717, 1.165) is 32.4 Å². The van der Waals surface area contributed by atoms with Gasteiger partial charge in [-0.3, -0.25) is 4.79 Å². The number of rotatable bonds is 9. The zero-order chi connectivity index (χ0) is 13.4. The summed E-state index contributed by atoms with van der Waals surface area (Å²) in [7, 11) is 5.89. The van der Waals surface area contributed by atoms with E-state index in [1.165, 1.54) is 0 Å². The number of esters is 1. The maximum atomic E-state index is 11.7. The molecule has 0 aromatic carbocycles. The maximum Gasteiger partial charge on any atom is 0.306 e. The van der Waals surface area contributed by atoms with Crippen molar-refractivity contribution >= 4 is 5.97 Å². The van der Waals surface area contributed by atoms with E-state index < -0.39 is 0 Å². The van der Waals surface area contributed by atoms with E-state index in [-0.39, 0.29) is 11.4 Å². The highest BCUT2D eigenvalue weighted by atomic mass is 16.5. The number of allylic oxidation sites excluding steroid dienone is 1. The molecule has 4 nitrogen and oxygen atoms in total. The summed E-state index contributed by atoms with van der Waals surface area (Å²) in [6, 6.07) is 0. The molecule has 104 valence electrons. The van der Waals surface area contributed by atoms with Crippen LogP contribution in [0.15, 0.2) is 12.2 Å². The first-order chi connectivity index (χ1) is 8.58. The van der Waals surface area contributed by atoms with Crippen molar-refractivity contribution < 1.29 is 9.53 Å². The minimum absolute atomic E-state index is 0.0624. The molecule has 1 N–H and O–H groups in total. The zero-order valence-corrected chi connectivity index (χ0v) is 11.9. The van der Waals surface area contributed by atoms with Crippen molar-refractivity contribution in [1.29, 1.82) is 0 Å². The Labute approximate surface area is 110 Å². The van der Waals surface area contributed by atoms with Gasteiger partial charge in [0.2, 0.25) is 0 Å². The molecule has 1 fully saturated rings. The Morgan fingerprint density at radius 2 is 2.17 bits per heavy atom. The SMILES string of the molecule is CNCC/C=C/C1(CC(=O)OCCN(C)C)CC1. The molecule has 0 radical (unpaired) electrons. The second-order valence-corrected chi connectivity index (χ2v) is 5.36. The molecule has 18 heavy (non-hydrogen) atoms. The van der Waals surface area contributed by atoms with Crippen LogP contribution in [0.25, 0.3) is 0 Å². The lowest BCUT2D eigenvalue weighted by molar-refractivity contribution is -0.144. The van der Waals surface area contributed by atoms with Crippen molar-refractivity contribution in [2.24, 2.45) is 5.41 Å². The van der Waals surface area contributed by atoms with Gasteiger partial charge in [0.1, 0.15) is 6.61 Å². The van der Waals surface area contributed by atoms with Gasteiger partial charge in [0.25, 0.3) is 0 Å². The monoisotopic (exact) mass is 254 g/mol. The summed E-state index contributed by atoms with van der Waals surface area (Å²) in [6.07, 6.45) is 8.18. The molecule has 0 aromatic heterocycles. The third-order valence-corrected chi connectivity index (χ3v) is 3.22. The number of nitrogens with zero attached hydrogens (tertiary/aromatic N) is 1. The fourth-order valence-corrected chi connectivity index (χ4v) is 1.80. The highest BCUT2D eigenvalue weighted by molar-refractivity contribution is 5.71. The number of hydrogen-bond donors (Lipinski definition) is 1. The number of likely N-dealkylation sites (N-methyl/N-ethyl adjacent to an activating group) is 1. The van der Waals surface area contributed by atoms with Crippen molar-refractivity contribution in [1.82, 2.24) is 10.2 Å². The Hall–Kier alpha value is -0.870. The van der Waals surface area contributed by atoms with E-state index >= 15 is 0 Å². The van der Waals surface area contributed by atoms with Gasteiger partial charge >= 0.3 is 5.97 Å². The number of nitrogens with one attached hydrogen (secondary N) is 1. The third-order valence-electron chi connectivity index (χ3n) is 3.22. The minimum Gasteiger partial charge on any atom is -0.464 e. The van der Waals surface area contributed by atoms with Crippen LogP contribution >= 0.6 is 0 Å². The van der Waals surface area contributed by atoms with Crippen molar-refractivity contribution in [3.63, 3.8) is 0 Å². The van der Waals surface area contributed by atoms with Crippen LogP contribution in [0, 0.1) is 5.41 Å². The van der Waals surface area contributed by atoms with Gasteiger partial charge in [-0.1, -0.05) is 12.2 Å². The molecule has 1 aliphatic carbocycles. The van der Waals surface area contributed by atoms with E-state index in [4.69, 9.17) is 4.74 Å². The standard InChI is InChI=1S/C14H26N2O2/c1-15-9-5-4-6-14(7-8-14)12-13(17)18-11-10-16(2)3/h4,6,15H,5,7-12H2,1-3H3/b6-4+. The molecule has 1 aliphatic rings. The average Bonchev–Trinajstić information content (AvgIpc) is 3.04. The summed E-state index contributed by atoms with van der Waals surface area (Å²) in [5.74, 6) is -0.0624. The fourth-order valence-electron chi connectivity index (χ4n) is 1.80. The molecule has 1 saturated carbocycles. The molecule has 0 aromatic rings. The van der Waals surface area contributed by atoms with Crippen LogP contribution in [0.5, 0.6) is 0 Å². The van der Waals surface area contributed by atoms with Crippen LogP contribution in [0.3, 0.4) is 0 Å². The highest BCUT2D eigenvalue weighted by Gasteiger charge is 2.42. The van der Waals surface area contributed by atoms with Gasteiger partial charge in [-0.2, -0.15) is 0 Å². The summed E-state index contributed by atoms with van der Waals surface area (Å²) in [5, 5.41) is 3.11. The Bertz CT molecular complexity index is 284. The number of carbonyl (C=O) groups excluding carboxylic acids is 1. The van der Waals surface area contributed by atoms with E-state index in [0.29, 0.717) is 13.0 Å². The Kier molecular flexibility index (Phi) is 6.36. The van der Waals surface area contributed by atoms with Crippen LogP contribution in [0.4, 0.5) is 0 Å². The smallest absolute Gasteiger partial charge is 0.306 e. The van der Waals surface area contributed by atoms with Crippen molar-refractivity contribution in [3.05, 3.63) is 12.2 Å². The molecular weight excluding hydrogens is 228 g/mol. The Morgan fingerprint density at radius 3 is 2.72 bits per heavy atom. The van der Waals surface area contributed by atoms with Gasteiger partial charge in [-0.05, 0) is 52.4 Å². The molecule has 1 rings (SSSR count). The lowest BCUT2D eigenvalue weighted by atomic mass is 10.0. The molecular formula is C14H26N2O2. The topological polar surface area (TPSA) is 41.6 Å². The summed E-state index contributed by atoms with van der Waals surface area (Å²) in [6.45, 7) is 2.27. The molecule has 0 heterocycles. The largest absolute Gasteiger partial charge is 0.464 e. The van der Waals surface area contributed by atoms with Gasteiger partial charge in [0, 0.05) is 6.54 Å². The number of hydrogen-bond acceptors (Lipinski definition) is 4. The Balaban J connectivity index is 2.20. The van der Waals surface area contributed by atoms with Gasteiger partial charge in [0.05, 0.1) is 6.42 Å². The van der Waals surface area contributed by atoms with Gasteiger partial charge in [-0.25, -0.2) is 0 Å². The van der Waals surface area contributed by atoms with Crippen LogP contribution < -0.4 is 5.32 Å². The second-order valence-electron chi connectivity index (χ2n) is 5.36. The molecule has 0 aliphatic heterocycles. The van der Waals surface area contributed by atoms with Gasteiger partial charge in [0.15, 0.2) is 0 Å². The van der Waals surface area contributed by atoms with E-state index in [9.17, 15) is 4.79 Å². The van der Waals surface area contributed by atoms with Crippen molar-refractivity contribution in [2.45, 2.75) is 25.7 Å². The molecule has 0 saturated heterocycles. The van der Waals surface area contributed by atoms with Crippen LogP contribution in [0.2, 0.25) is 0 Å². The minimum atomic E-state index is -0.0624. The molecule has 4 heteroatoms. The summed E-state index contributed by atoms with van der Waals surface area (Å²) >= 11 is 0. The fraction of sp³-hybridized carbons (Fsp3) is 0.786. The van der Waals surface area contributed by atoms with Gasteiger partial charge < -0.3 is 15.0 Å². The number of ether oxygens (including phenoxy) is 1. The third kappa shape index (κ3) is 6.17. The maximum absolute atomic E-state index is 11.7. The van der Waals surface area contributed by atoms with Crippen LogP contribution in [0.1, 0.15) is 25.7 Å². The van der Waals surface area contributed by atoms with E-state index in [2.05, 4.69) is 17.5 Å². The van der Waals surface area contributed by atoms with Crippen LogP contribution in [-0.2, 0) is 9.53 Å². The molecule has 0 spiro atoms. The normalized spacial score (nSPS) is 17.3. The highest BCUT2D eigenvalue weighted by Crippen LogP contribution is 2.50. The average molecular weight is 254 g/mol. The zero-order valence-electron chi connectivity index (χ0n) is 11.9. The van der Waals surface area contributed by atoms with Crippen molar-refractivity contribution in [3.8, 4) is 0 Å². The first-order valence-corrected chi connectivity index (χ1v) is 6.71. The first-order valence-electron chi connectivity index (χ1n) is 6.71. The second kappa shape index (κ2) is 7.54. The summed E-state index contributed by atoms with van der Waals surface area (Å²) in [5.41, 5.74) is 0.114. The lowest BCUT2D eigenvalue weighted by Gasteiger charge is -2.12. The van der Waals surface area contributed by atoms with Crippen LogP contribution in [-0.4, -0.2) is 51.7 Å². The van der Waals surface area contributed by atoms with Gasteiger partial charge in [-0.15, -0.1) is 0 Å². The summed E-state index contributed by atoms with van der Waals surface area (Å²) in [4.78, 5) is 13.7. The quantitative estimate of drug-likeness (QED) is 0.384. The molecule has 0 atom stereocenters. The van der Waals surface area contributed by atoms with Crippen molar-refractivity contribution in [2.75, 3.05) is 40.8 Å². The van der Waals surface area contributed by atoms with E-state index in [1.807, 2.05) is 26.0 Å². The molecule has 0 unspecified atom stereocenters. The van der Waals surface area contributed by atoms with E-state index in [1.54, 1.807) is 0 Å². The lowest BCUT2D eigenvalue weighted by Crippen LogP contribution is -2.21. The Morgan fingerprint density at radius 1 is 1.44 bits per heavy atom.